The summed E-state index contributed by atoms with van der Waals surface area (Å²) in [4.78, 5) is 53.4. The molecule has 47 heavy (non-hydrogen) atoms. The van der Waals surface area contributed by atoms with Crippen LogP contribution in [0, 0.1) is 12.8 Å². The van der Waals surface area contributed by atoms with E-state index in [1.54, 1.807) is 58.9 Å². The number of benzene rings is 3. The number of nitrogens with zero attached hydrogens (tertiary/aromatic N) is 2. The number of carboxylic acid groups (broad SMARTS) is 1. The molecule has 1 saturated heterocycles. The molecular weight excluding hydrogens is 621 g/mol. The lowest BCUT2D eigenvalue weighted by atomic mass is 9.90. The van der Waals surface area contributed by atoms with Crippen LogP contribution in [-0.4, -0.2) is 69.2 Å². The van der Waals surface area contributed by atoms with Crippen molar-refractivity contribution in [1.82, 2.24) is 20.7 Å². The third kappa shape index (κ3) is 9.04. The number of carbonyl (C=O) groups excluding carboxylic acids is 3. The van der Waals surface area contributed by atoms with Gasteiger partial charge in [-0.1, -0.05) is 36.4 Å². The zero-order valence-electron chi connectivity index (χ0n) is 25.0. The van der Waals surface area contributed by atoms with E-state index in [1.807, 2.05) is 43.3 Å². The van der Waals surface area contributed by atoms with Gasteiger partial charge in [0.2, 0.25) is 5.91 Å². The minimum absolute atomic E-state index is 0.0704. The first-order chi connectivity index (χ1) is 22.4. The highest BCUT2D eigenvalue weighted by Gasteiger charge is 2.38. The van der Waals surface area contributed by atoms with Crippen molar-refractivity contribution >= 4 is 34.6 Å². The maximum Gasteiger partial charge on any atom is 0.490 e. The molecule has 0 saturated carbocycles. The summed E-state index contributed by atoms with van der Waals surface area (Å²) < 4.78 is 37.7. The predicted octanol–water partition coefficient (Wildman–Crippen LogP) is 4.52. The minimum atomic E-state index is -5.08. The number of pyridine rings is 1. The molecule has 5 rings (SSSR count). The molecular formula is C33H31F3N4O7. The first kappa shape index (κ1) is 34.4. The fraction of sp³-hybridized carbons (Fsp3) is 0.242. The number of likely N-dealkylation sites (tertiary alicyclic amines) is 1. The van der Waals surface area contributed by atoms with Crippen molar-refractivity contribution in [2.24, 2.45) is 5.92 Å². The van der Waals surface area contributed by atoms with Gasteiger partial charge < -0.3 is 20.1 Å². The van der Waals surface area contributed by atoms with Crippen LogP contribution in [0.2, 0.25) is 0 Å². The molecule has 3 aromatic carbocycles. The Morgan fingerprint density at radius 2 is 1.60 bits per heavy atom. The molecule has 11 nitrogen and oxygen atoms in total. The Labute approximate surface area is 266 Å². The van der Waals surface area contributed by atoms with Crippen molar-refractivity contribution in [3.05, 3.63) is 107 Å². The molecule has 2 atom stereocenters. The van der Waals surface area contributed by atoms with Crippen LogP contribution in [0.25, 0.3) is 10.9 Å². The van der Waals surface area contributed by atoms with Crippen LogP contribution >= 0.6 is 0 Å². The third-order valence-corrected chi connectivity index (χ3v) is 7.37. The highest BCUT2D eigenvalue weighted by Crippen LogP contribution is 2.23. The maximum atomic E-state index is 13.0. The summed E-state index contributed by atoms with van der Waals surface area (Å²) in [5, 5.41) is 20.4. The summed E-state index contributed by atoms with van der Waals surface area (Å²) in [6.45, 7) is 2.74. The van der Waals surface area contributed by atoms with E-state index >= 15 is 0 Å². The van der Waals surface area contributed by atoms with Gasteiger partial charge in [0, 0.05) is 46.9 Å². The molecule has 1 aliphatic heterocycles. The number of hydrogen-bond acceptors (Lipinski definition) is 7. The molecule has 3 amide bonds. The van der Waals surface area contributed by atoms with Gasteiger partial charge in [-0.3, -0.25) is 24.6 Å². The molecule has 4 aromatic rings. The smallest absolute Gasteiger partial charge is 0.489 e. The zero-order chi connectivity index (χ0) is 34.1. The van der Waals surface area contributed by atoms with Crippen molar-refractivity contribution in [1.29, 1.82) is 0 Å². The number of carbonyl (C=O) groups is 4. The summed E-state index contributed by atoms with van der Waals surface area (Å²) >= 11 is 0. The molecule has 14 heteroatoms. The van der Waals surface area contributed by atoms with Gasteiger partial charge in [-0.2, -0.15) is 13.2 Å². The SMILES string of the molecule is Cc1cc(COc2ccc(C(=O)N[C@@H]3CCN(C(=O)c4ccccc4)C[C@@H]3C(=O)NO)cc2)c2ccccc2n1.O=C(O)C(F)(F)F. The van der Waals surface area contributed by atoms with Gasteiger partial charge in [0.25, 0.3) is 11.8 Å². The number of rotatable bonds is 7. The number of hydrogen-bond donors (Lipinski definition) is 4. The van der Waals surface area contributed by atoms with Gasteiger partial charge >= 0.3 is 12.1 Å². The number of para-hydroxylation sites is 1. The number of carboxylic acids is 1. The number of ether oxygens (including phenoxy) is 1. The van der Waals surface area contributed by atoms with Crippen molar-refractivity contribution in [2.75, 3.05) is 13.1 Å². The zero-order valence-corrected chi connectivity index (χ0v) is 25.0. The highest BCUT2D eigenvalue weighted by molar-refractivity contribution is 5.96. The van der Waals surface area contributed by atoms with Crippen molar-refractivity contribution in [2.45, 2.75) is 32.2 Å². The molecule has 0 radical (unpaired) electrons. The Balaban J connectivity index is 0.000000644. The van der Waals surface area contributed by atoms with Crippen LogP contribution in [-0.2, 0) is 16.2 Å². The number of alkyl halides is 3. The van der Waals surface area contributed by atoms with E-state index in [0.29, 0.717) is 36.4 Å². The number of amides is 3. The average Bonchev–Trinajstić information content (AvgIpc) is 3.07. The lowest BCUT2D eigenvalue weighted by molar-refractivity contribution is -0.192. The highest BCUT2D eigenvalue weighted by atomic mass is 19.4. The van der Waals surface area contributed by atoms with E-state index in [4.69, 9.17) is 14.6 Å². The molecule has 0 spiro atoms. The van der Waals surface area contributed by atoms with Gasteiger partial charge in [0.1, 0.15) is 12.4 Å². The van der Waals surface area contributed by atoms with Crippen molar-refractivity contribution < 1.29 is 47.4 Å². The maximum absolute atomic E-state index is 13.0. The molecule has 0 bridgehead atoms. The number of aryl methyl sites for hydroxylation is 1. The fourth-order valence-corrected chi connectivity index (χ4v) is 5.05. The molecule has 0 aliphatic carbocycles. The number of aromatic nitrogens is 1. The monoisotopic (exact) mass is 652 g/mol. The second-order valence-electron chi connectivity index (χ2n) is 10.6. The van der Waals surface area contributed by atoms with E-state index in [9.17, 15) is 32.8 Å². The summed E-state index contributed by atoms with van der Waals surface area (Å²) in [6.07, 6.45) is -4.72. The van der Waals surface area contributed by atoms with Crippen LogP contribution in [0.5, 0.6) is 5.75 Å². The molecule has 4 N–H and O–H groups in total. The van der Waals surface area contributed by atoms with Crippen molar-refractivity contribution in [3.63, 3.8) is 0 Å². The number of fused-ring (bicyclic) bond motifs is 1. The Hall–Kier alpha value is -5.50. The first-order valence-corrected chi connectivity index (χ1v) is 14.3. The molecule has 1 fully saturated rings. The third-order valence-electron chi connectivity index (χ3n) is 7.37. The summed E-state index contributed by atoms with van der Waals surface area (Å²) in [7, 11) is 0. The number of piperidine rings is 1. The van der Waals surface area contributed by atoms with Crippen molar-refractivity contribution in [3.8, 4) is 5.75 Å². The van der Waals surface area contributed by atoms with E-state index < -0.39 is 30.0 Å². The molecule has 1 aliphatic rings. The van der Waals surface area contributed by atoms with Gasteiger partial charge in [0.05, 0.1) is 11.4 Å². The Bertz CT molecular complexity index is 1730. The normalized spacial score (nSPS) is 16.0. The van der Waals surface area contributed by atoms with E-state index in [1.165, 1.54) is 0 Å². The fourth-order valence-electron chi connectivity index (χ4n) is 5.05. The second kappa shape index (κ2) is 15.2. The lowest BCUT2D eigenvalue weighted by Crippen LogP contribution is -2.56. The van der Waals surface area contributed by atoms with Crippen LogP contribution in [0.15, 0.2) is 84.9 Å². The number of nitrogens with one attached hydrogen (secondary N) is 2. The molecule has 0 unspecified atom stereocenters. The molecule has 2 heterocycles. The summed E-state index contributed by atoms with van der Waals surface area (Å²) in [5.41, 5.74) is 5.45. The van der Waals surface area contributed by atoms with Crippen LogP contribution in [0.4, 0.5) is 13.2 Å². The van der Waals surface area contributed by atoms with Crippen LogP contribution in [0.3, 0.4) is 0 Å². The van der Waals surface area contributed by atoms with E-state index in [-0.39, 0.29) is 18.4 Å². The number of halogens is 3. The molecule has 246 valence electrons. The number of aliphatic carboxylic acids is 1. The summed E-state index contributed by atoms with van der Waals surface area (Å²) in [5.74, 6) is -4.17. The second-order valence-corrected chi connectivity index (χ2v) is 10.6. The lowest BCUT2D eigenvalue weighted by Gasteiger charge is -2.37. The first-order valence-electron chi connectivity index (χ1n) is 14.3. The van der Waals surface area contributed by atoms with Gasteiger partial charge in [-0.15, -0.1) is 0 Å². The predicted molar refractivity (Wildman–Crippen MR) is 163 cm³/mol. The standard InChI is InChI=1S/C31H30N4O5.C2HF3O2/c1-20-17-23(25-9-5-6-10-27(25)32-20)19-40-24-13-11-21(12-14-24)29(36)33-28-15-16-35(18-26(28)30(37)34-39)31(38)22-7-3-2-4-8-22;3-2(4,5)1(6)7/h2-14,17,26,28,39H,15-16,18-19H2,1H3,(H,33,36)(H,34,37);(H,6,7)/t26-,28+;/m0./s1. The Morgan fingerprint density at radius 1 is 0.957 bits per heavy atom. The van der Waals surface area contributed by atoms with E-state index in [2.05, 4.69) is 10.3 Å². The van der Waals surface area contributed by atoms with Gasteiger partial charge in [-0.05, 0) is 61.9 Å². The van der Waals surface area contributed by atoms with E-state index in [0.717, 1.165) is 22.2 Å². The number of hydroxylamine groups is 1. The quantitative estimate of drug-likeness (QED) is 0.168. The Morgan fingerprint density at radius 3 is 2.23 bits per heavy atom. The van der Waals surface area contributed by atoms with Gasteiger partial charge in [0.15, 0.2) is 0 Å². The van der Waals surface area contributed by atoms with Crippen LogP contribution in [0.1, 0.15) is 38.4 Å². The Kier molecular flexibility index (Phi) is 11.1. The topological polar surface area (TPSA) is 158 Å². The van der Waals surface area contributed by atoms with Gasteiger partial charge in [-0.25, -0.2) is 10.3 Å². The summed E-state index contributed by atoms with van der Waals surface area (Å²) in [6, 6.07) is 24.9. The average molecular weight is 653 g/mol. The van der Waals surface area contributed by atoms with Crippen LogP contribution < -0.4 is 15.5 Å². The minimum Gasteiger partial charge on any atom is -0.489 e. The molecule has 1 aromatic heterocycles. The largest absolute Gasteiger partial charge is 0.490 e.